The summed E-state index contributed by atoms with van der Waals surface area (Å²) in [6.45, 7) is 6.89. The van der Waals surface area contributed by atoms with Gasteiger partial charge in [0.2, 0.25) is 0 Å². The summed E-state index contributed by atoms with van der Waals surface area (Å²) in [5.41, 5.74) is 3.88. The van der Waals surface area contributed by atoms with E-state index in [0.717, 1.165) is 56.1 Å². The zero-order valence-corrected chi connectivity index (χ0v) is 19.6. The minimum Gasteiger partial charge on any atom is -0.494 e. The number of ketones is 1. The Hall–Kier alpha value is -3.27. The van der Waals surface area contributed by atoms with Gasteiger partial charge in [-0.25, -0.2) is 0 Å². The van der Waals surface area contributed by atoms with E-state index < -0.39 is 0 Å². The Kier molecular flexibility index (Phi) is 8.02. The first-order valence-electron chi connectivity index (χ1n) is 12.2. The largest absolute Gasteiger partial charge is 0.494 e. The Balaban J connectivity index is 1.27. The fourth-order valence-corrected chi connectivity index (χ4v) is 4.27. The Bertz CT molecular complexity index is 992. The fourth-order valence-electron chi connectivity index (χ4n) is 4.27. The van der Waals surface area contributed by atoms with E-state index in [-0.39, 0.29) is 5.78 Å². The average molecular weight is 443 g/mol. The van der Waals surface area contributed by atoms with Crippen LogP contribution < -0.4 is 14.5 Å². The second kappa shape index (κ2) is 11.6. The average Bonchev–Trinajstić information content (AvgIpc) is 2.89. The lowest BCUT2D eigenvalue weighted by atomic mass is 10.0. The second-order valence-electron chi connectivity index (χ2n) is 8.62. The number of carbonyl (C=O) groups is 1. The van der Waals surface area contributed by atoms with Gasteiger partial charge in [-0.05, 0) is 55.0 Å². The number of hydrogen-bond donors (Lipinski definition) is 0. The van der Waals surface area contributed by atoms with Gasteiger partial charge in [0.15, 0.2) is 5.78 Å². The first kappa shape index (κ1) is 22.9. The standard InChI is InChI=1S/C29H34N2O2/c1-2-3-4-8-23-33-28-17-15-27(16-18-28)31-21-19-30(20-22-31)26-13-11-25(12-14-26)29(32)24-9-6-5-7-10-24/h5-7,9-18H,2-4,8,19-23H2,1H3. The van der Waals surface area contributed by atoms with E-state index in [9.17, 15) is 4.79 Å². The van der Waals surface area contributed by atoms with Crippen molar-refractivity contribution in [1.82, 2.24) is 0 Å². The molecule has 0 bridgehead atoms. The van der Waals surface area contributed by atoms with E-state index in [1.807, 2.05) is 42.5 Å². The molecule has 1 heterocycles. The van der Waals surface area contributed by atoms with Crippen LogP contribution in [0.4, 0.5) is 11.4 Å². The number of anilines is 2. The van der Waals surface area contributed by atoms with Gasteiger partial charge in [0.25, 0.3) is 0 Å². The summed E-state index contributed by atoms with van der Waals surface area (Å²) in [6.07, 6.45) is 4.90. The molecule has 0 aromatic heterocycles. The number of benzene rings is 3. The molecule has 1 aliphatic heterocycles. The van der Waals surface area contributed by atoms with Crippen molar-refractivity contribution in [3.05, 3.63) is 90.0 Å². The molecule has 0 unspecified atom stereocenters. The molecule has 3 aromatic carbocycles. The summed E-state index contributed by atoms with van der Waals surface area (Å²) in [7, 11) is 0. The van der Waals surface area contributed by atoms with Gasteiger partial charge >= 0.3 is 0 Å². The monoisotopic (exact) mass is 442 g/mol. The van der Waals surface area contributed by atoms with Crippen molar-refractivity contribution in [2.45, 2.75) is 32.6 Å². The molecule has 0 N–H and O–H groups in total. The van der Waals surface area contributed by atoms with Crippen LogP contribution in [0.1, 0.15) is 48.5 Å². The maximum absolute atomic E-state index is 12.6. The van der Waals surface area contributed by atoms with Crippen LogP contribution in [0.3, 0.4) is 0 Å². The van der Waals surface area contributed by atoms with E-state index in [2.05, 4.69) is 53.1 Å². The van der Waals surface area contributed by atoms with Crippen molar-refractivity contribution < 1.29 is 9.53 Å². The van der Waals surface area contributed by atoms with Crippen LogP contribution in [0.5, 0.6) is 5.75 Å². The van der Waals surface area contributed by atoms with Crippen LogP contribution >= 0.6 is 0 Å². The topological polar surface area (TPSA) is 32.8 Å². The van der Waals surface area contributed by atoms with Crippen LogP contribution in [-0.4, -0.2) is 38.6 Å². The molecule has 0 atom stereocenters. The predicted molar refractivity (Wildman–Crippen MR) is 137 cm³/mol. The summed E-state index contributed by atoms with van der Waals surface area (Å²) in [4.78, 5) is 17.4. The van der Waals surface area contributed by atoms with Gasteiger partial charge < -0.3 is 14.5 Å². The molecule has 0 spiro atoms. The molecule has 0 aliphatic carbocycles. The van der Waals surface area contributed by atoms with Gasteiger partial charge in [-0.3, -0.25) is 4.79 Å². The van der Waals surface area contributed by atoms with E-state index in [1.54, 1.807) is 0 Å². The van der Waals surface area contributed by atoms with Crippen molar-refractivity contribution in [2.75, 3.05) is 42.6 Å². The summed E-state index contributed by atoms with van der Waals surface area (Å²) < 4.78 is 5.87. The Morgan fingerprint density at radius 2 is 1.24 bits per heavy atom. The Labute approximate surface area is 197 Å². The maximum Gasteiger partial charge on any atom is 0.193 e. The minimum atomic E-state index is 0.0698. The third-order valence-electron chi connectivity index (χ3n) is 6.28. The van der Waals surface area contributed by atoms with Gasteiger partial charge in [-0.15, -0.1) is 0 Å². The summed E-state index contributed by atoms with van der Waals surface area (Å²) in [5.74, 6) is 1.03. The van der Waals surface area contributed by atoms with Crippen molar-refractivity contribution in [1.29, 1.82) is 0 Å². The highest BCUT2D eigenvalue weighted by atomic mass is 16.5. The third kappa shape index (κ3) is 6.16. The molecule has 172 valence electrons. The van der Waals surface area contributed by atoms with Crippen molar-refractivity contribution in [2.24, 2.45) is 0 Å². The number of nitrogens with zero attached hydrogens (tertiary/aromatic N) is 2. The molecule has 0 radical (unpaired) electrons. The molecular formula is C29H34N2O2. The summed E-state index contributed by atoms with van der Waals surface area (Å²) >= 11 is 0. The molecule has 0 amide bonds. The Morgan fingerprint density at radius 1 is 0.697 bits per heavy atom. The second-order valence-corrected chi connectivity index (χ2v) is 8.62. The van der Waals surface area contributed by atoms with Gasteiger partial charge in [-0.2, -0.15) is 0 Å². The molecule has 4 nitrogen and oxygen atoms in total. The molecule has 1 fully saturated rings. The lowest BCUT2D eigenvalue weighted by molar-refractivity contribution is 0.103. The van der Waals surface area contributed by atoms with Gasteiger partial charge in [0.05, 0.1) is 6.61 Å². The highest BCUT2D eigenvalue weighted by molar-refractivity contribution is 6.09. The zero-order valence-electron chi connectivity index (χ0n) is 19.6. The summed E-state index contributed by atoms with van der Waals surface area (Å²) in [6, 6.07) is 26.0. The molecule has 1 saturated heterocycles. The van der Waals surface area contributed by atoms with E-state index >= 15 is 0 Å². The summed E-state index contributed by atoms with van der Waals surface area (Å²) in [5, 5.41) is 0. The Morgan fingerprint density at radius 3 is 1.82 bits per heavy atom. The van der Waals surface area contributed by atoms with Crippen LogP contribution in [0.15, 0.2) is 78.9 Å². The lowest BCUT2D eigenvalue weighted by Crippen LogP contribution is -2.46. The maximum atomic E-state index is 12.6. The molecule has 3 aromatic rings. The molecular weight excluding hydrogens is 408 g/mol. The molecule has 0 saturated carbocycles. The van der Waals surface area contributed by atoms with Crippen LogP contribution in [0, 0.1) is 0 Å². The fraction of sp³-hybridized carbons (Fsp3) is 0.345. The lowest BCUT2D eigenvalue weighted by Gasteiger charge is -2.37. The van der Waals surface area contributed by atoms with Crippen molar-refractivity contribution in [3.63, 3.8) is 0 Å². The number of rotatable bonds is 10. The van der Waals surface area contributed by atoms with E-state index in [1.165, 1.54) is 30.6 Å². The molecule has 4 rings (SSSR count). The third-order valence-corrected chi connectivity index (χ3v) is 6.28. The minimum absolute atomic E-state index is 0.0698. The zero-order chi connectivity index (χ0) is 22.9. The number of unbranched alkanes of at least 4 members (excludes halogenated alkanes) is 3. The van der Waals surface area contributed by atoms with Gasteiger partial charge in [0.1, 0.15) is 5.75 Å². The predicted octanol–water partition coefficient (Wildman–Crippen LogP) is 6.20. The highest BCUT2D eigenvalue weighted by Crippen LogP contribution is 2.24. The van der Waals surface area contributed by atoms with E-state index in [0.29, 0.717) is 0 Å². The molecule has 4 heteroatoms. The number of ether oxygens (including phenoxy) is 1. The van der Waals surface area contributed by atoms with Crippen molar-refractivity contribution in [3.8, 4) is 5.75 Å². The quantitative estimate of drug-likeness (QED) is 0.276. The van der Waals surface area contributed by atoms with Gasteiger partial charge in [0, 0.05) is 48.7 Å². The van der Waals surface area contributed by atoms with Crippen LogP contribution in [0.2, 0.25) is 0 Å². The first-order chi connectivity index (χ1) is 16.2. The van der Waals surface area contributed by atoms with Crippen LogP contribution in [0.25, 0.3) is 0 Å². The van der Waals surface area contributed by atoms with Gasteiger partial charge in [-0.1, -0.05) is 56.5 Å². The number of piperazine rings is 1. The van der Waals surface area contributed by atoms with Crippen LogP contribution in [-0.2, 0) is 0 Å². The number of hydrogen-bond acceptors (Lipinski definition) is 4. The SMILES string of the molecule is CCCCCCOc1ccc(N2CCN(c3ccc(C(=O)c4ccccc4)cc3)CC2)cc1. The number of carbonyl (C=O) groups excluding carboxylic acids is 1. The first-order valence-corrected chi connectivity index (χ1v) is 12.2. The van der Waals surface area contributed by atoms with E-state index in [4.69, 9.17) is 4.74 Å². The highest BCUT2D eigenvalue weighted by Gasteiger charge is 2.18. The van der Waals surface area contributed by atoms with Crippen molar-refractivity contribution >= 4 is 17.2 Å². The molecule has 1 aliphatic rings. The smallest absolute Gasteiger partial charge is 0.193 e. The molecule has 33 heavy (non-hydrogen) atoms. The normalized spacial score (nSPS) is 13.7.